The summed E-state index contributed by atoms with van der Waals surface area (Å²) in [6, 6.07) is 0. The van der Waals surface area contributed by atoms with E-state index in [1.54, 1.807) is 11.6 Å². The summed E-state index contributed by atoms with van der Waals surface area (Å²) in [5, 5.41) is 18.6. The number of nitrogens with zero attached hydrogens (tertiary/aromatic N) is 3. The fourth-order valence-corrected chi connectivity index (χ4v) is 1.27. The van der Waals surface area contributed by atoms with Gasteiger partial charge < -0.3 is 21.0 Å². The van der Waals surface area contributed by atoms with Gasteiger partial charge >= 0.3 is 0 Å². The Bertz CT molecular complexity index is 363. The maximum absolute atomic E-state index is 8.42. The molecule has 0 fully saturated rings. The summed E-state index contributed by atoms with van der Waals surface area (Å²) in [6.45, 7) is 3.67. The molecule has 4 N–H and O–H groups in total. The predicted octanol–water partition coefficient (Wildman–Crippen LogP) is -0.339. The summed E-state index contributed by atoms with van der Waals surface area (Å²) < 4.78 is 7.10. The summed E-state index contributed by atoms with van der Waals surface area (Å²) in [5.41, 5.74) is 6.49. The maximum atomic E-state index is 8.42. The zero-order chi connectivity index (χ0) is 12.7. The third kappa shape index (κ3) is 4.83. The van der Waals surface area contributed by atoms with Crippen LogP contribution in [0, 0.1) is 0 Å². The minimum absolute atomic E-state index is 0.0808. The van der Waals surface area contributed by atoms with Crippen LogP contribution in [0.4, 0.5) is 0 Å². The Labute approximate surface area is 100 Å². The van der Waals surface area contributed by atoms with Gasteiger partial charge in [0.15, 0.2) is 5.84 Å². The fourth-order valence-electron chi connectivity index (χ4n) is 1.27. The smallest absolute Gasteiger partial charge is 0.168 e. The van der Waals surface area contributed by atoms with Gasteiger partial charge in [-0.05, 0) is 6.92 Å². The number of nitrogens with two attached hydrogens (primary N) is 1. The largest absolute Gasteiger partial charge is 0.409 e. The Morgan fingerprint density at radius 2 is 2.53 bits per heavy atom. The van der Waals surface area contributed by atoms with Crippen LogP contribution in [0.15, 0.2) is 17.5 Å². The van der Waals surface area contributed by atoms with Crippen molar-refractivity contribution in [2.24, 2.45) is 17.9 Å². The molecule has 0 radical (unpaired) electrons. The zero-order valence-electron chi connectivity index (χ0n) is 10.1. The summed E-state index contributed by atoms with van der Waals surface area (Å²) in [7, 11) is 1.88. The lowest BCUT2D eigenvalue weighted by molar-refractivity contribution is 0.108. The molecule has 0 saturated heterocycles. The van der Waals surface area contributed by atoms with E-state index >= 15 is 0 Å². The van der Waals surface area contributed by atoms with Crippen LogP contribution >= 0.6 is 0 Å². The highest BCUT2D eigenvalue weighted by Gasteiger charge is 2.06. The van der Waals surface area contributed by atoms with E-state index in [9.17, 15) is 0 Å². The highest BCUT2D eigenvalue weighted by molar-refractivity contribution is 5.83. The molecule has 1 unspecified atom stereocenters. The molecule has 0 amide bonds. The van der Waals surface area contributed by atoms with Crippen LogP contribution < -0.4 is 11.1 Å². The van der Waals surface area contributed by atoms with E-state index in [0.29, 0.717) is 13.2 Å². The third-order valence-electron chi connectivity index (χ3n) is 2.27. The van der Waals surface area contributed by atoms with E-state index in [-0.39, 0.29) is 11.9 Å². The van der Waals surface area contributed by atoms with Gasteiger partial charge in [-0.1, -0.05) is 5.16 Å². The van der Waals surface area contributed by atoms with E-state index in [1.165, 1.54) is 0 Å². The zero-order valence-corrected chi connectivity index (χ0v) is 10.1. The number of oxime groups is 1. The lowest BCUT2D eigenvalue weighted by Crippen LogP contribution is -2.31. The van der Waals surface area contributed by atoms with Crippen LogP contribution in [0.3, 0.4) is 0 Å². The van der Waals surface area contributed by atoms with Gasteiger partial charge in [0.1, 0.15) is 6.10 Å². The molecule has 96 valence electrons. The van der Waals surface area contributed by atoms with Crippen molar-refractivity contribution in [3.8, 4) is 0 Å². The average Bonchev–Trinajstić information content (AvgIpc) is 2.73. The monoisotopic (exact) mass is 241 g/mol. The first-order valence-electron chi connectivity index (χ1n) is 5.40. The molecule has 1 aromatic heterocycles. The van der Waals surface area contributed by atoms with Crippen molar-refractivity contribution < 1.29 is 9.94 Å². The van der Waals surface area contributed by atoms with Crippen LogP contribution in [-0.4, -0.2) is 40.1 Å². The Balaban J connectivity index is 2.09. The molecule has 0 aromatic carbocycles. The second-order valence-corrected chi connectivity index (χ2v) is 3.74. The van der Waals surface area contributed by atoms with Crippen LogP contribution in [0.25, 0.3) is 0 Å². The summed E-state index contributed by atoms with van der Waals surface area (Å²) >= 11 is 0. The lowest BCUT2D eigenvalue weighted by Gasteiger charge is -2.11. The molecule has 1 rings (SSSR count). The van der Waals surface area contributed by atoms with Gasteiger partial charge in [0.05, 0.1) is 12.8 Å². The number of ether oxygens (including phenoxy) is 1. The second kappa shape index (κ2) is 6.87. The molecule has 17 heavy (non-hydrogen) atoms. The molecule has 0 bridgehead atoms. The highest BCUT2D eigenvalue weighted by atomic mass is 16.5. The Morgan fingerprint density at radius 3 is 3.12 bits per heavy atom. The first-order valence-corrected chi connectivity index (χ1v) is 5.40. The number of aryl methyl sites for hydroxylation is 1. The number of amidine groups is 1. The summed E-state index contributed by atoms with van der Waals surface area (Å²) in [5.74, 6) is 0.0808. The van der Waals surface area contributed by atoms with Gasteiger partial charge in [-0.25, -0.2) is 0 Å². The first-order chi connectivity index (χ1) is 8.13. The Morgan fingerprint density at radius 1 is 1.76 bits per heavy atom. The van der Waals surface area contributed by atoms with E-state index in [2.05, 4.69) is 15.6 Å². The molecule has 0 aliphatic carbocycles. The quantitative estimate of drug-likeness (QED) is 0.199. The van der Waals surface area contributed by atoms with Crippen LogP contribution in [0.1, 0.15) is 12.5 Å². The molecule has 7 nitrogen and oxygen atoms in total. The molecule has 0 saturated carbocycles. The second-order valence-electron chi connectivity index (χ2n) is 3.74. The lowest BCUT2D eigenvalue weighted by atomic mass is 10.3. The average molecular weight is 241 g/mol. The van der Waals surface area contributed by atoms with E-state index in [0.717, 1.165) is 12.1 Å². The number of aromatic nitrogens is 2. The maximum Gasteiger partial charge on any atom is 0.168 e. The van der Waals surface area contributed by atoms with Crippen molar-refractivity contribution in [2.45, 2.75) is 19.6 Å². The minimum atomic E-state index is -0.375. The molecular formula is C10H19N5O2. The molecule has 1 aromatic rings. The third-order valence-corrected chi connectivity index (χ3v) is 2.27. The normalized spacial score (nSPS) is 13.9. The first kappa shape index (κ1) is 13.5. The van der Waals surface area contributed by atoms with Crippen LogP contribution in [0.2, 0.25) is 0 Å². The summed E-state index contributed by atoms with van der Waals surface area (Å²) in [6.07, 6.45) is 3.39. The fraction of sp³-hybridized carbons (Fsp3) is 0.600. The topological polar surface area (TPSA) is 97.7 Å². The van der Waals surface area contributed by atoms with Crippen molar-refractivity contribution in [3.63, 3.8) is 0 Å². The van der Waals surface area contributed by atoms with Gasteiger partial charge in [0.2, 0.25) is 0 Å². The summed E-state index contributed by atoms with van der Waals surface area (Å²) in [4.78, 5) is 0. The predicted molar refractivity (Wildman–Crippen MR) is 63.7 cm³/mol. The number of rotatable bonds is 7. The molecule has 0 spiro atoms. The van der Waals surface area contributed by atoms with Crippen LogP contribution in [-0.2, 0) is 18.3 Å². The van der Waals surface area contributed by atoms with Crippen molar-refractivity contribution in [3.05, 3.63) is 18.0 Å². The number of hydrogen-bond acceptors (Lipinski definition) is 5. The van der Waals surface area contributed by atoms with Crippen LogP contribution in [0.5, 0.6) is 0 Å². The number of hydrogen-bond donors (Lipinski definition) is 3. The van der Waals surface area contributed by atoms with Crippen molar-refractivity contribution in [2.75, 3.05) is 13.2 Å². The molecule has 1 atom stereocenters. The molecular weight excluding hydrogens is 222 g/mol. The van der Waals surface area contributed by atoms with Gasteiger partial charge in [-0.3, -0.25) is 4.68 Å². The van der Waals surface area contributed by atoms with E-state index in [1.807, 2.05) is 19.4 Å². The van der Waals surface area contributed by atoms with E-state index in [4.69, 9.17) is 15.7 Å². The van der Waals surface area contributed by atoms with Crippen molar-refractivity contribution in [1.82, 2.24) is 15.1 Å². The van der Waals surface area contributed by atoms with E-state index < -0.39 is 0 Å². The van der Waals surface area contributed by atoms with Crippen molar-refractivity contribution in [1.29, 1.82) is 0 Å². The number of nitrogens with one attached hydrogen (secondary N) is 1. The van der Waals surface area contributed by atoms with Gasteiger partial charge in [-0.2, -0.15) is 5.10 Å². The Kier molecular flexibility index (Phi) is 5.44. The minimum Gasteiger partial charge on any atom is -0.409 e. The van der Waals surface area contributed by atoms with Gasteiger partial charge in [0, 0.05) is 31.9 Å². The Hall–Kier alpha value is -1.60. The molecule has 7 heteroatoms. The van der Waals surface area contributed by atoms with Gasteiger partial charge in [0.25, 0.3) is 0 Å². The molecule has 0 aliphatic heterocycles. The van der Waals surface area contributed by atoms with Gasteiger partial charge in [-0.15, -0.1) is 0 Å². The highest BCUT2D eigenvalue weighted by Crippen LogP contribution is 1.95. The standard InChI is InChI=1S/C10H19N5O2/c1-8(10(11)14-16)17-4-3-12-5-9-6-13-15(2)7-9/h6-8,12,16H,3-5H2,1-2H3,(H2,11,14). The SMILES string of the molecule is CC(OCCNCc1cnn(C)c1)C(N)=NO. The molecule has 0 aliphatic rings. The molecule has 1 heterocycles. The van der Waals surface area contributed by atoms with Crippen molar-refractivity contribution >= 4 is 5.84 Å².